The van der Waals surface area contributed by atoms with Gasteiger partial charge in [0.2, 0.25) is 5.91 Å². The minimum atomic E-state index is 0.358. The summed E-state index contributed by atoms with van der Waals surface area (Å²) in [7, 11) is 0. The van der Waals surface area contributed by atoms with Crippen LogP contribution in [0.2, 0.25) is 0 Å². The van der Waals surface area contributed by atoms with Crippen LogP contribution in [0.15, 0.2) is 0 Å². The SMILES string of the molecule is CCCCC1CC(=O)N(C(C)C)C1. The van der Waals surface area contributed by atoms with Gasteiger partial charge in [-0.1, -0.05) is 19.8 Å². The van der Waals surface area contributed by atoms with Gasteiger partial charge in [-0.05, 0) is 26.2 Å². The van der Waals surface area contributed by atoms with Gasteiger partial charge in [-0.2, -0.15) is 0 Å². The zero-order valence-electron chi connectivity index (χ0n) is 9.05. The number of rotatable bonds is 4. The van der Waals surface area contributed by atoms with Gasteiger partial charge in [0.25, 0.3) is 0 Å². The van der Waals surface area contributed by atoms with Crippen molar-refractivity contribution in [2.24, 2.45) is 5.92 Å². The third-order valence-corrected chi connectivity index (χ3v) is 2.83. The van der Waals surface area contributed by atoms with Gasteiger partial charge < -0.3 is 4.90 Å². The van der Waals surface area contributed by atoms with Crippen molar-refractivity contribution < 1.29 is 4.79 Å². The highest BCUT2D eigenvalue weighted by Crippen LogP contribution is 2.24. The van der Waals surface area contributed by atoms with Crippen molar-refractivity contribution in [1.82, 2.24) is 4.90 Å². The van der Waals surface area contributed by atoms with E-state index in [9.17, 15) is 4.79 Å². The topological polar surface area (TPSA) is 20.3 Å². The van der Waals surface area contributed by atoms with Crippen molar-refractivity contribution in [1.29, 1.82) is 0 Å². The number of carbonyl (C=O) groups is 1. The molecule has 1 aliphatic rings. The maximum absolute atomic E-state index is 11.5. The minimum Gasteiger partial charge on any atom is -0.340 e. The number of amides is 1. The molecule has 0 aromatic rings. The third kappa shape index (κ3) is 2.71. The maximum Gasteiger partial charge on any atom is 0.223 e. The van der Waals surface area contributed by atoms with Crippen molar-refractivity contribution in [3.05, 3.63) is 0 Å². The monoisotopic (exact) mass is 183 g/mol. The number of carbonyl (C=O) groups excluding carboxylic acids is 1. The fraction of sp³-hybridized carbons (Fsp3) is 0.909. The molecule has 13 heavy (non-hydrogen) atoms. The van der Waals surface area contributed by atoms with E-state index < -0.39 is 0 Å². The quantitative estimate of drug-likeness (QED) is 0.655. The molecular formula is C11H21NO. The highest BCUT2D eigenvalue weighted by Gasteiger charge is 2.30. The average Bonchev–Trinajstić information content (AvgIpc) is 2.43. The molecule has 1 heterocycles. The van der Waals surface area contributed by atoms with E-state index in [2.05, 4.69) is 20.8 Å². The molecule has 0 bridgehead atoms. The second-order valence-electron chi connectivity index (χ2n) is 4.35. The van der Waals surface area contributed by atoms with Gasteiger partial charge in [-0.25, -0.2) is 0 Å². The number of hydrogen-bond acceptors (Lipinski definition) is 1. The molecule has 1 rings (SSSR count). The number of hydrogen-bond donors (Lipinski definition) is 0. The summed E-state index contributed by atoms with van der Waals surface area (Å²) in [5.41, 5.74) is 0. The standard InChI is InChI=1S/C11H21NO/c1-4-5-6-10-7-11(13)12(8-10)9(2)3/h9-10H,4-8H2,1-3H3. The number of likely N-dealkylation sites (tertiary alicyclic amines) is 1. The van der Waals surface area contributed by atoms with E-state index >= 15 is 0 Å². The van der Waals surface area contributed by atoms with Crippen molar-refractivity contribution in [2.45, 2.75) is 52.5 Å². The van der Waals surface area contributed by atoms with Crippen LogP contribution in [-0.2, 0) is 4.79 Å². The molecule has 0 saturated carbocycles. The van der Waals surface area contributed by atoms with Gasteiger partial charge in [-0.3, -0.25) is 4.79 Å². The van der Waals surface area contributed by atoms with Crippen LogP contribution in [0.25, 0.3) is 0 Å². The molecule has 1 aliphatic heterocycles. The summed E-state index contributed by atoms with van der Waals surface area (Å²) in [5, 5.41) is 0. The summed E-state index contributed by atoms with van der Waals surface area (Å²) in [6.45, 7) is 7.40. The molecule has 0 N–H and O–H groups in total. The molecule has 2 nitrogen and oxygen atoms in total. The number of unbranched alkanes of at least 4 members (excludes halogenated alkanes) is 1. The minimum absolute atomic E-state index is 0.358. The first kappa shape index (κ1) is 10.6. The molecule has 0 aliphatic carbocycles. The molecule has 1 unspecified atom stereocenters. The van der Waals surface area contributed by atoms with E-state index in [1.807, 2.05) is 4.90 Å². The van der Waals surface area contributed by atoms with E-state index in [1.54, 1.807) is 0 Å². The lowest BCUT2D eigenvalue weighted by molar-refractivity contribution is -0.129. The highest BCUT2D eigenvalue weighted by molar-refractivity contribution is 5.78. The van der Waals surface area contributed by atoms with Crippen molar-refractivity contribution >= 4 is 5.91 Å². The summed E-state index contributed by atoms with van der Waals surface area (Å²) in [4.78, 5) is 13.5. The van der Waals surface area contributed by atoms with Crippen LogP contribution in [-0.4, -0.2) is 23.4 Å². The molecule has 2 heteroatoms. The molecule has 0 aromatic carbocycles. The van der Waals surface area contributed by atoms with Crippen molar-refractivity contribution in [3.8, 4) is 0 Å². The zero-order chi connectivity index (χ0) is 9.84. The van der Waals surface area contributed by atoms with Crippen molar-refractivity contribution in [3.63, 3.8) is 0 Å². The second kappa shape index (κ2) is 4.64. The summed E-state index contributed by atoms with van der Waals surface area (Å²) in [5.74, 6) is 0.992. The first-order chi connectivity index (χ1) is 6.15. The average molecular weight is 183 g/mol. The van der Waals surface area contributed by atoms with Gasteiger partial charge in [0.05, 0.1) is 0 Å². The lowest BCUT2D eigenvalue weighted by Crippen LogP contribution is -2.32. The largest absolute Gasteiger partial charge is 0.340 e. The summed E-state index contributed by atoms with van der Waals surface area (Å²) >= 11 is 0. The second-order valence-corrected chi connectivity index (χ2v) is 4.35. The normalized spacial score (nSPS) is 23.2. The van der Waals surface area contributed by atoms with Gasteiger partial charge in [0.15, 0.2) is 0 Å². The van der Waals surface area contributed by atoms with E-state index in [-0.39, 0.29) is 0 Å². The predicted octanol–water partition coefficient (Wildman–Crippen LogP) is 2.43. The van der Waals surface area contributed by atoms with Crippen LogP contribution in [0.4, 0.5) is 0 Å². The van der Waals surface area contributed by atoms with Gasteiger partial charge in [0.1, 0.15) is 0 Å². The van der Waals surface area contributed by atoms with Gasteiger partial charge >= 0.3 is 0 Å². The Balaban J connectivity index is 2.36. The highest BCUT2D eigenvalue weighted by atomic mass is 16.2. The van der Waals surface area contributed by atoms with Crippen LogP contribution >= 0.6 is 0 Å². The molecule has 0 aromatic heterocycles. The van der Waals surface area contributed by atoms with E-state index in [0.717, 1.165) is 13.0 Å². The van der Waals surface area contributed by atoms with Crippen molar-refractivity contribution in [2.75, 3.05) is 6.54 Å². The first-order valence-corrected chi connectivity index (χ1v) is 5.44. The molecule has 1 saturated heterocycles. The Hall–Kier alpha value is -0.530. The predicted molar refractivity (Wildman–Crippen MR) is 54.5 cm³/mol. The molecule has 1 amide bonds. The van der Waals surface area contributed by atoms with E-state index in [0.29, 0.717) is 17.9 Å². The van der Waals surface area contributed by atoms with E-state index in [4.69, 9.17) is 0 Å². The van der Waals surface area contributed by atoms with Crippen LogP contribution in [0.1, 0.15) is 46.5 Å². The van der Waals surface area contributed by atoms with Crippen LogP contribution < -0.4 is 0 Å². The fourth-order valence-corrected chi connectivity index (χ4v) is 1.99. The lowest BCUT2D eigenvalue weighted by Gasteiger charge is -2.20. The van der Waals surface area contributed by atoms with Crippen LogP contribution in [0.5, 0.6) is 0 Å². The lowest BCUT2D eigenvalue weighted by atomic mass is 10.0. The van der Waals surface area contributed by atoms with Crippen LogP contribution in [0.3, 0.4) is 0 Å². The van der Waals surface area contributed by atoms with Gasteiger partial charge in [0, 0.05) is 19.0 Å². The van der Waals surface area contributed by atoms with Gasteiger partial charge in [-0.15, -0.1) is 0 Å². The molecule has 0 spiro atoms. The summed E-state index contributed by atoms with van der Waals surface area (Å²) in [6.07, 6.45) is 4.53. The Morgan fingerprint density at radius 1 is 1.54 bits per heavy atom. The third-order valence-electron chi connectivity index (χ3n) is 2.83. The fourth-order valence-electron chi connectivity index (χ4n) is 1.99. The number of nitrogens with zero attached hydrogens (tertiary/aromatic N) is 1. The molecular weight excluding hydrogens is 162 g/mol. The molecule has 1 atom stereocenters. The Morgan fingerprint density at radius 2 is 2.23 bits per heavy atom. The summed E-state index contributed by atoms with van der Waals surface area (Å²) in [6, 6.07) is 0.388. The smallest absolute Gasteiger partial charge is 0.223 e. The first-order valence-electron chi connectivity index (χ1n) is 5.44. The summed E-state index contributed by atoms with van der Waals surface area (Å²) < 4.78 is 0. The Kier molecular flexibility index (Phi) is 3.76. The molecule has 0 radical (unpaired) electrons. The molecule has 76 valence electrons. The van der Waals surface area contributed by atoms with Crippen LogP contribution in [0, 0.1) is 5.92 Å². The Bertz CT molecular complexity index is 177. The Labute approximate surface area is 81.3 Å². The molecule has 1 fully saturated rings. The van der Waals surface area contributed by atoms with E-state index in [1.165, 1.54) is 19.3 Å². The maximum atomic E-state index is 11.5. The Morgan fingerprint density at radius 3 is 2.69 bits per heavy atom. The zero-order valence-corrected chi connectivity index (χ0v) is 9.05.